The molecule has 0 fully saturated rings. The summed E-state index contributed by atoms with van der Waals surface area (Å²) in [5, 5.41) is 0.312. The highest BCUT2D eigenvalue weighted by Gasteiger charge is 2.17. The molecule has 2 aromatic carbocycles. The molecule has 2 N–H and O–H groups in total. The van der Waals surface area contributed by atoms with E-state index in [0.717, 1.165) is 6.07 Å². The molecule has 27 heavy (non-hydrogen) atoms. The van der Waals surface area contributed by atoms with Gasteiger partial charge >= 0.3 is 6.61 Å². The Morgan fingerprint density at radius 3 is 2.19 bits per heavy atom. The summed E-state index contributed by atoms with van der Waals surface area (Å²) >= 11 is 5.86. The Kier molecular flexibility index (Phi) is 6.78. The van der Waals surface area contributed by atoms with Gasteiger partial charge in [-0.05, 0) is 36.4 Å². The number of hydrogen-bond acceptors (Lipinski definition) is 5. The highest BCUT2D eigenvalue weighted by Crippen LogP contribution is 2.29. The standard InChI is InChI=1S/C17H15ClF2N2O5/c1-25-12-6-4-10(18)8-11(12)16(24)22-21-15(23)9-3-5-13(27-17(19)20)14(7-9)26-2/h3-8,17H,1-2H3,(H,21,23)(H,22,24). The molecule has 0 unspecified atom stereocenters. The van der Waals surface area contributed by atoms with Gasteiger partial charge in [-0.2, -0.15) is 8.78 Å². The van der Waals surface area contributed by atoms with Crippen molar-refractivity contribution in [2.24, 2.45) is 0 Å². The summed E-state index contributed by atoms with van der Waals surface area (Å²) < 4.78 is 38.9. The molecule has 2 aromatic rings. The summed E-state index contributed by atoms with van der Waals surface area (Å²) in [7, 11) is 2.62. The molecule has 0 aromatic heterocycles. The van der Waals surface area contributed by atoms with Crippen LogP contribution < -0.4 is 25.1 Å². The van der Waals surface area contributed by atoms with Crippen LogP contribution in [0.3, 0.4) is 0 Å². The van der Waals surface area contributed by atoms with Crippen LogP contribution in [-0.4, -0.2) is 32.6 Å². The number of methoxy groups -OCH3 is 2. The topological polar surface area (TPSA) is 85.9 Å². The van der Waals surface area contributed by atoms with Crippen LogP contribution in [0.4, 0.5) is 8.78 Å². The third-order valence-electron chi connectivity index (χ3n) is 3.34. The summed E-state index contributed by atoms with van der Waals surface area (Å²) in [6, 6.07) is 8.01. The Balaban J connectivity index is 2.09. The monoisotopic (exact) mass is 400 g/mol. The van der Waals surface area contributed by atoms with Crippen molar-refractivity contribution in [3.8, 4) is 17.2 Å². The van der Waals surface area contributed by atoms with Gasteiger partial charge in [-0.1, -0.05) is 11.6 Å². The predicted molar refractivity (Wildman–Crippen MR) is 92.6 cm³/mol. The minimum Gasteiger partial charge on any atom is -0.496 e. The third-order valence-corrected chi connectivity index (χ3v) is 3.57. The fourth-order valence-electron chi connectivity index (χ4n) is 2.11. The summed E-state index contributed by atoms with van der Waals surface area (Å²) in [4.78, 5) is 24.4. The van der Waals surface area contributed by atoms with Gasteiger partial charge in [0.2, 0.25) is 0 Å². The summed E-state index contributed by atoms with van der Waals surface area (Å²) in [5.74, 6) is -1.39. The zero-order valence-corrected chi connectivity index (χ0v) is 15.0. The molecule has 0 aliphatic rings. The maximum absolute atomic E-state index is 12.3. The van der Waals surface area contributed by atoms with Crippen molar-refractivity contribution in [1.29, 1.82) is 0 Å². The van der Waals surface area contributed by atoms with E-state index in [4.69, 9.17) is 21.1 Å². The second-order valence-electron chi connectivity index (χ2n) is 5.00. The normalized spacial score (nSPS) is 10.3. The molecule has 0 spiro atoms. The van der Waals surface area contributed by atoms with E-state index in [1.807, 2.05) is 0 Å². The molecule has 2 rings (SSSR count). The average molecular weight is 401 g/mol. The van der Waals surface area contributed by atoms with Crippen LogP contribution in [0.15, 0.2) is 36.4 Å². The van der Waals surface area contributed by atoms with E-state index < -0.39 is 18.4 Å². The van der Waals surface area contributed by atoms with Crippen molar-refractivity contribution < 1.29 is 32.6 Å². The van der Waals surface area contributed by atoms with E-state index in [1.54, 1.807) is 6.07 Å². The van der Waals surface area contributed by atoms with Gasteiger partial charge in [0.05, 0.1) is 19.8 Å². The minimum absolute atomic E-state index is 0.0480. The van der Waals surface area contributed by atoms with E-state index in [2.05, 4.69) is 15.6 Å². The second kappa shape index (κ2) is 9.04. The van der Waals surface area contributed by atoms with Gasteiger partial charge in [-0.25, -0.2) is 0 Å². The SMILES string of the molecule is COc1cc(C(=O)NNC(=O)c2cc(Cl)ccc2OC)ccc1OC(F)F. The highest BCUT2D eigenvalue weighted by atomic mass is 35.5. The fourth-order valence-corrected chi connectivity index (χ4v) is 2.28. The Bertz CT molecular complexity index is 848. The van der Waals surface area contributed by atoms with Crippen molar-refractivity contribution in [3.05, 3.63) is 52.5 Å². The van der Waals surface area contributed by atoms with Crippen molar-refractivity contribution >= 4 is 23.4 Å². The second-order valence-corrected chi connectivity index (χ2v) is 5.43. The summed E-state index contributed by atoms with van der Waals surface area (Å²) in [6.45, 7) is -3.04. The molecular formula is C17H15ClF2N2O5. The number of hydrazine groups is 1. The van der Waals surface area contributed by atoms with Crippen LogP contribution in [0, 0.1) is 0 Å². The van der Waals surface area contributed by atoms with E-state index >= 15 is 0 Å². The van der Waals surface area contributed by atoms with Crippen molar-refractivity contribution in [3.63, 3.8) is 0 Å². The molecule has 7 nitrogen and oxygen atoms in total. The van der Waals surface area contributed by atoms with E-state index in [9.17, 15) is 18.4 Å². The molecule has 0 saturated heterocycles. The lowest BCUT2D eigenvalue weighted by Crippen LogP contribution is -2.41. The molecule has 10 heteroatoms. The largest absolute Gasteiger partial charge is 0.496 e. The lowest BCUT2D eigenvalue weighted by atomic mass is 10.2. The molecule has 144 valence electrons. The predicted octanol–water partition coefficient (Wildman–Crippen LogP) is 3.03. The Labute approximate surface area is 158 Å². The maximum Gasteiger partial charge on any atom is 0.387 e. The van der Waals surface area contributed by atoms with Gasteiger partial charge in [0, 0.05) is 10.6 Å². The number of hydrogen-bond donors (Lipinski definition) is 2. The van der Waals surface area contributed by atoms with E-state index in [-0.39, 0.29) is 28.4 Å². The summed E-state index contributed by atoms with van der Waals surface area (Å²) in [6.07, 6.45) is 0. The lowest BCUT2D eigenvalue weighted by Gasteiger charge is -2.13. The Hall–Kier alpha value is -3.07. The van der Waals surface area contributed by atoms with Gasteiger partial charge in [0.1, 0.15) is 5.75 Å². The highest BCUT2D eigenvalue weighted by molar-refractivity contribution is 6.31. The van der Waals surface area contributed by atoms with Crippen molar-refractivity contribution in [2.75, 3.05) is 14.2 Å². The molecular weight excluding hydrogens is 386 g/mol. The van der Waals surface area contributed by atoms with Crippen LogP contribution in [0.1, 0.15) is 20.7 Å². The van der Waals surface area contributed by atoms with Crippen LogP contribution in [-0.2, 0) is 0 Å². The van der Waals surface area contributed by atoms with Crippen LogP contribution in [0.2, 0.25) is 5.02 Å². The Morgan fingerprint density at radius 2 is 1.56 bits per heavy atom. The van der Waals surface area contributed by atoms with Crippen molar-refractivity contribution in [1.82, 2.24) is 10.9 Å². The van der Waals surface area contributed by atoms with Gasteiger partial charge in [-0.3, -0.25) is 20.4 Å². The zero-order valence-electron chi connectivity index (χ0n) is 14.2. The number of alkyl halides is 2. The first-order valence-corrected chi connectivity index (χ1v) is 7.80. The number of rotatable bonds is 6. The number of carbonyl (C=O) groups excluding carboxylic acids is 2. The van der Waals surface area contributed by atoms with Crippen LogP contribution >= 0.6 is 11.6 Å². The first-order chi connectivity index (χ1) is 12.8. The maximum atomic E-state index is 12.3. The fraction of sp³-hybridized carbons (Fsp3) is 0.176. The molecule has 0 atom stereocenters. The van der Waals surface area contributed by atoms with Gasteiger partial charge in [0.25, 0.3) is 11.8 Å². The molecule has 0 radical (unpaired) electrons. The first kappa shape index (κ1) is 20.2. The molecule has 0 saturated carbocycles. The molecule has 0 bridgehead atoms. The summed E-state index contributed by atoms with van der Waals surface area (Å²) in [5.41, 5.74) is 4.57. The van der Waals surface area contributed by atoms with Gasteiger partial charge in [-0.15, -0.1) is 0 Å². The number of halogens is 3. The average Bonchev–Trinajstić information content (AvgIpc) is 2.65. The van der Waals surface area contributed by atoms with Crippen LogP contribution in [0.25, 0.3) is 0 Å². The van der Waals surface area contributed by atoms with Gasteiger partial charge in [0.15, 0.2) is 11.5 Å². The zero-order chi connectivity index (χ0) is 20.0. The smallest absolute Gasteiger partial charge is 0.387 e. The minimum atomic E-state index is -3.04. The van der Waals surface area contributed by atoms with E-state index in [0.29, 0.717) is 5.02 Å². The number of amides is 2. The first-order valence-electron chi connectivity index (χ1n) is 7.42. The number of ether oxygens (including phenoxy) is 3. The van der Waals surface area contributed by atoms with E-state index in [1.165, 1.54) is 38.5 Å². The van der Waals surface area contributed by atoms with Crippen molar-refractivity contribution in [2.45, 2.75) is 6.61 Å². The lowest BCUT2D eigenvalue weighted by molar-refractivity contribution is -0.0512. The Morgan fingerprint density at radius 1 is 0.926 bits per heavy atom. The molecule has 0 heterocycles. The van der Waals surface area contributed by atoms with Crippen LogP contribution in [0.5, 0.6) is 17.2 Å². The quantitative estimate of drug-likeness (QED) is 0.728. The van der Waals surface area contributed by atoms with Gasteiger partial charge < -0.3 is 14.2 Å². The molecule has 0 aliphatic carbocycles. The molecule has 0 aliphatic heterocycles. The number of nitrogens with one attached hydrogen (secondary N) is 2. The third kappa shape index (κ3) is 5.20. The number of carbonyl (C=O) groups is 2. The molecule has 2 amide bonds. The number of benzene rings is 2.